The molecule has 24 heavy (non-hydrogen) atoms. The molecule has 5 nitrogen and oxygen atoms in total. The molecule has 0 aliphatic heterocycles. The Morgan fingerprint density at radius 1 is 1.12 bits per heavy atom. The normalized spacial score (nSPS) is 10.8. The summed E-state index contributed by atoms with van der Waals surface area (Å²) in [6, 6.07) is 9.16. The van der Waals surface area contributed by atoms with Crippen molar-refractivity contribution >= 4 is 73.5 Å². The first-order chi connectivity index (χ1) is 11.4. The van der Waals surface area contributed by atoms with Crippen LogP contribution in [0.15, 0.2) is 36.4 Å². The number of halogens is 3. The van der Waals surface area contributed by atoms with E-state index in [2.05, 4.69) is 5.32 Å². The van der Waals surface area contributed by atoms with Gasteiger partial charge in [-0.25, -0.2) is 0 Å². The molecule has 3 aromatic rings. The zero-order chi connectivity index (χ0) is 17.4. The first kappa shape index (κ1) is 17.0. The number of amides is 1. The van der Waals surface area contributed by atoms with Gasteiger partial charge in [0.05, 0.1) is 9.95 Å². The maximum absolute atomic E-state index is 12.4. The Balaban J connectivity index is 1.94. The van der Waals surface area contributed by atoms with Crippen LogP contribution in [0, 0.1) is 10.1 Å². The number of anilines is 1. The maximum atomic E-state index is 12.4. The van der Waals surface area contributed by atoms with Gasteiger partial charge in [-0.1, -0.05) is 40.9 Å². The monoisotopic (exact) mass is 400 g/mol. The predicted octanol–water partition coefficient (Wildman–Crippen LogP) is 6.02. The van der Waals surface area contributed by atoms with Crippen LogP contribution in [0.5, 0.6) is 0 Å². The second-order valence-corrected chi connectivity index (χ2v) is 7.04. The average molecular weight is 402 g/mol. The van der Waals surface area contributed by atoms with E-state index in [1.54, 1.807) is 18.2 Å². The highest BCUT2D eigenvalue weighted by molar-refractivity contribution is 7.21. The fourth-order valence-corrected chi connectivity index (χ4v) is 3.98. The van der Waals surface area contributed by atoms with Crippen LogP contribution in [0.25, 0.3) is 10.1 Å². The molecule has 0 radical (unpaired) electrons. The minimum absolute atomic E-state index is 0.00691. The van der Waals surface area contributed by atoms with Crippen LogP contribution in [0.3, 0.4) is 0 Å². The van der Waals surface area contributed by atoms with Crippen LogP contribution in [0.2, 0.25) is 15.1 Å². The van der Waals surface area contributed by atoms with Gasteiger partial charge >= 0.3 is 0 Å². The third-order valence-electron chi connectivity index (χ3n) is 3.20. The van der Waals surface area contributed by atoms with Crippen molar-refractivity contribution in [3.63, 3.8) is 0 Å². The summed E-state index contributed by atoms with van der Waals surface area (Å²) < 4.78 is 0.778. The molecule has 122 valence electrons. The summed E-state index contributed by atoms with van der Waals surface area (Å²) in [4.78, 5) is 23.0. The summed E-state index contributed by atoms with van der Waals surface area (Å²) in [7, 11) is 0. The smallest absolute Gasteiger partial charge is 0.289 e. The molecule has 0 spiro atoms. The third-order valence-corrected chi connectivity index (χ3v) is 5.41. The second kappa shape index (κ2) is 6.57. The van der Waals surface area contributed by atoms with E-state index in [1.807, 2.05) is 0 Å². The van der Waals surface area contributed by atoms with Crippen molar-refractivity contribution in [2.24, 2.45) is 0 Å². The SMILES string of the molecule is O=C(Nc1ccc(Cl)c([N+](=O)[O-])c1)c1sc2cc(Cl)ccc2c1Cl. The van der Waals surface area contributed by atoms with Gasteiger partial charge in [-0.05, 0) is 24.3 Å². The zero-order valence-corrected chi connectivity index (χ0v) is 14.8. The topological polar surface area (TPSA) is 72.2 Å². The van der Waals surface area contributed by atoms with E-state index < -0.39 is 10.8 Å². The Hall–Kier alpha value is -1.86. The summed E-state index contributed by atoms with van der Waals surface area (Å²) in [6.45, 7) is 0. The van der Waals surface area contributed by atoms with Gasteiger partial charge in [0.1, 0.15) is 9.90 Å². The van der Waals surface area contributed by atoms with Crippen molar-refractivity contribution in [3.05, 3.63) is 66.5 Å². The van der Waals surface area contributed by atoms with Gasteiger partial charge in [0, 0.05) is 26.9 Å². The first-order valence-electron chi connectivity index (χ1n) is 6.49. The lowest BCUT2D eigenvalue weighted by molar-refractivity contribution is -0.384. The number of benzene rings is 2. The van der Waals surface area contributed by atoms with Crippen LogP contribution in [0.4, 0.5) is 11.4 Å². The molecule has 0 fully saturated rings. The Morgan fingerprint density at radius 2 is 1.88 bits per heavy atom. The minimum Gasteiger partial charge on any atom is -0.321 e. The van der Waals surface area contributed by atoms with Gasteiger partial charge in [0.25, 0.3) is 11.6 Å². The van der Waals surface area contributed by atoms with E-state index in [1.165, 1.54) is 29.5 Å². The van der Waals surface area contributed by atoms with E-state index in [9.17, 15) is 14.9 Å². The van der Waals surface area contributed by atoms with Crippen molar-refractivity contribution < 1.29 is 9.72 Å². The highest BCUT2D eigenvalue weighted by atomic mass is 35.5. The van der Waals surface area contributed by atoms with E-state index >= 15 is 0 Å². The Bertz CT molecular complexity index is 987. The number of nitro benzene ring substituents is 1. The summed E-state index contributed by atoms with van der Waals surface area (Å²) in [5.74, 6) is -0.464. The van der Waals surface area contributed by atoms with Crippen molar-refractivity contribution in [3.8, 4) is 0 Å². The van der Waals surface area contributed by atoms with Gasteiger partial charge in [0.2, 0.25) is 0 Å². The van der Waals surface area contributed by atoms with Gasteiger partial charge in [-0.2, -0.15) is 0 Å². The molecule has 1 amide bonds. The summed E-state index contributed by atoms with van der Waals surface area (Å²) in [5, 5.41) is 15.1. The summed E-state index contributed by atoms with van der Waals surface area (Å²) in [5.41, 5.74) is -0.0358. The second-order valence-electron chi connectivity index (χ2n) is 4.76. The standard InChI is InChI=1S/C15H7Cl3N2O3S/c16-7-1-3-9-12(5-7)24-14(13(9)18)15(21)19-8-2-4-10(17)11(6-8)20(22)23/h1-6H,(H,19,21). The molecule has 9 heteroatoms. The van der Waals surface area contributed by atoms with Crippen molar-refractivity contribution in [1.29, 1.82) is 0 Å². The number of rotatable bonds is 3. The van der Waals surface area contributed by atoms with Crippen LogP contribution in [-0.2, 0) is 0 Å². The van der Waals surface area contributed by atoms with Gasteiger partial charge < -0.3 is 5.32 Å². The molecule has 0 atom stereocenters. The molecule has 0 bridgehead atoms. The Labute approximate surface area is 154 Å². The number of nitrogens with zero attached hydrogens (tertiary/aromatic N) is 1. The maximum Gasteiger partial charge on any atom is 0.289 e. The number of thiophene rings is 1. The van der Waals surface area contributed by atoms with Crippen molar-refractivity contribution in [1.82, 2.24) is 0 Å². The number of fused-ring (bicyclic) bond motifs is 1. The Kier molecular flexibility index (Phi) is 4.64. The Morgan fingerprint density at radius 3 is 2.58 bits per heavy atom. The van der Waals surface area contributed by atoms with Crippen molar-refractivity contribution in [2.45, 2.75) is 0 Å². The highest BCUT2D eigenvalue weighted by Gasteiger charge is 2.19. The molecular weight excluding hydrogens is 395 g/mol. The summed E-state index contributed by atoms with van der Waals surface area (Å²) in [6.07, 6.45) is 0. The predicted molar refractivity (Wildman–Crippen MR) is 97.9 cm³/mol. The first-order valence-corrected chi connectivity index (χ1v) is 8.44. The molecule has 1 N–H and O–H groups in total. The molecule has 1 heterocycles. The minimum atomic E-state index is -0.619. The number of nitrogens with one attached hydrogen (secondary N) is 1. The molecule has 1 aromatic heterocycles. The number of nitro groups is 1. The summed E-state index contributed by atoms with van der Waals surface area (Å²) >= 11 is 19.1. The van der Waals surface area contributed by atoms with Crippen LogP contribution in [-0.4, -0.2) is 10.8 Å². The molecule has 2 aromatic carbocycles. The molecule has 0 saturated carbocycles. The van der Waals surface area contributed by atoms with E-state index in [0.717, 1.165) is 10.1 Å². The van der Waals surface area contributed by atoms with Crippen molar-refractivity contribution in [2.75, 3.05) is 5.32 Å². The quantitative estimate of drug-likeness (QED) is 0.430. The van der Waals surface area contributed by atoms with Crippen LogP contribution < -0.4 is 5.32 Å². The van der Waals surface area contributed by atoms with Crippen LogP contribution >= 0.6 is 46.1 Å². The molecular formula is C15H7Cl3N2O3S. The number of carbonyl (C=O) groups excluding carboxylic acids is 1. The van der Waals surface area contributed by atoms with E-state index in [-0.39, 0.29) is 16.4 Å². The lowest BCUT2D eigenvalue weighted by atomic mass is 10.2. The number of hydrogen-bond acceptors (Lipinski definition) is 4. The average Bonchev–Trinajstić information content (AvgIpc) is 2.85. The van der Waals surface area contributed by atoms with Gasteiger partial charge in [0.15, 0.2) is 0 Å². The van der Waals surface area contributed by atoms with Crippen LogP contribution in [0.1, 0.15) is 9.67 Å². The number of carbonyl (C=O) groups is 1. The van der Waals surface area contributed by atoms with E-state index in [0.29, 0.717) is 14.9 Å². The fourth-order valence-electron chi connectivity index (χ4n) is 2.10. The van der Waals surface area contributed by atoms with E-state index in [4.69, 9.17) is 34.8 Å². The highest BCUT2D eigenvalue weighted by Crippen LogP contribution is 2.37. The third kappa shape index (κ3) is 3.18. The molecule has 0 saturated heterocycles. The molecule has 0 unspecified atom stereocenters. The largest absolute Gasteiger partial charge is 0.321 e. The fraction of sp³-hybridized carbons (Fsp3) is 0. The number of hydrogen-bond donors (Lipinski definition) is 1. The molecule has 3 rings (SSSR count). The zero-order valence-electron chi connectivity index (χ0n) is 11.7. The lowest BCUT2D eigenvalue weighted by Crippen LogP contribution is -2.10. The van der Waals surface area contributed by atoms with Gasteiger partial charge in [-0.3, -0.25) is 14.9 Å². The molecule has 0 aliphatic rings. The molecule has 0 aliphatic carbocycles. The lowest BCUT2D eigenvalue weighted by Gasteiger charge is -2.04. The van der Waals surface area contributed by atoms with Gasteiger partial charge in [-0.15, -0.1) is 11.3 Å².